The van der Waals surface area contributed by atoms with Gasteiger partial charge >= 0.3 is 6.03 Å². The molecule has 0 bridgehead atoms. The summed E-state index contributed by atoms with van der Waals surface area (Å²) in [6, 6.07) is 15.9. The van der Waals surface area contributed by atoms with Gasteiger partial charge < -0.3 is 59.2 Å². The molecule has 2 heterocycles. The van der Waals surface area contributed by atoms with Gasteiger partial charge in [0.1, 0.15) is 18.1 Å². The van der Waals surface area contributed by atoms with Crippen LogP contribution >= 0.6 is 23.2 Å². The van der Waals surface area contributed by atoms with Crippen molar-refractivity contribution in [3.05, 3.63) is 75.9 Å². The lowest BCUT2D eigenvalue weighted by molar-refractivity contribution is -0.0161. The summed E-state index contributed by atoms with van der Waals surface area (Å²) in [4.78, 5) is 28.5. The second-order valence-corrected chi connectivity index (χ2v) is 15.9. The predicted octanol–water partition coefficient (Wildman–Crippen LogP) is 6.46. The van der Waals surface area contributed by atoms with Crippen LogP contribution in [-0.4, -0.2) is 139 Å². The third-order valence-electron chi connectivity index (χ3n) is 9.60. The molecular formula is C44H58Cl2N6O10. The van der Waals surface area contributed by atoms with E-state index in [1.54, 1.807) is 48.0 Å². The van der Waals surface area contributed by atoms with Gasteiger partial charge in [-0.3, -0.25) is 4.79 Å². The molecule has 0 atom stereocenters. The number of nitrogens with zero attached hydrogens (tertiary/aromatic N) is 3. The molecule has 0 aliphatic carbocycles. The molecular weight excluding hydrogens is 843 g/mol. The number of benzene rings is 3. The van der Waals surface area contributed by atoms with Crippen molar-refractivity contribution in [3.8, 4) is 39.6 Å². The molecule has 0 unspecified atom stereocenters. The fraction of sp³-hybridized carbons (Fsp3) is 0.477. The number of urea groups is 1. The minimum Gasteiger partial charge on any atom is -0.496 e. The van der Waals surface area contributed by atoms with Crippen molar-refractivity contribution < 1.29 is 47.5 Å². The molecule has 338 valence electrons. The number of nitrogens with two attached hydrogens (primary N) is 1. The molecule has 3 aromatic carbocycles. The first-order valence-electron chi connectivity index (χ1n) is 20.4. The number of rotatable bonds is 25. The smallest absolute Gasteiger partial charge is 0.319 e. The van der Waals surface area contributed by atoms with Gasteiger partial charge in [0.2, 0.25) is 0 Å². The Hall–Kier alpha value is -4.49. The lowest BCUT2D eigenvalue weighted by Crippen LogP contribution is -2.43. The van der Waals surface area contributed by atoms with Crippen molar-refractivity contribution in [3.63, 3.8) is 0 Å². The Labute approximate surface area is 373 Å². The Balaban J connectivity index is 1.13. The summed E-state index contributed by atoms with van der Waals surface area (Å²) in [6.07, 6.45) is 0. The highest BCUT2D eigenvalue weighted by Gasteiger charge is 2.35. The number of halogens is 2. The van der Waals surface area contributed by atoms with Crippen LogP contribution in [0.1, 0.15) is 36.8 Å². The second-order valence-electron chi connectivity index (χ2n) is 15.0. The summed E-state index contributed by atoms with van der Waals surface area (Å²) in [5, 5.41) is 11.4. The van der Waals surface area contributed by atoms with Gasteiger partial charge in [-0.1, -0.05) is 35.3 Å². The maximum Gasteiger partial charge on any atom is 0.319 e. The average Bonchev–Trinajstić information content (AvgIpc) is 3.64. The van der Waals surface area contributed by atoms with E-state index in [0.717, 1.165) is 11.1 Å². The lowest BCUT2D eigenvalue weighted by atomic mass is 9.95. The zero-order valence-electron chi connectivity index (χ0n) is 36.1. The topological polar surface area (TPSA) is 179 Å². The van der Waals surface area contributed by atoms with Gasteiger partial charge in [0.25, 0.3) is 5.91 Å². The molecule has 0 saturated carbocycles. The summed E-state index contributed by atoms with van der Waals surface area (Å²) in [5.74, 6) is 0.839. The number of fused-ring (bicyclic) bond motifs is 3. The predicted molar refractivity (Wildman–Crippen MR) is 238 cm³/mol. The first kappa shape index (κ1) is 48.5. The number of carbonyl (C=O) groups is 2. The number of methoxy groups -OCH3 is 1. The van der Waals surface area contributed by atoms with Gasteiger partial charge in [0, 0.05) is 64.2 Å². The molecule has 4 aromatic rings. The molecule has 16 nitrogen and oxygen atoms in total. The molecule has 3 amide bonds. The fourth-order valence-electron chi connectivity index (χ4n) is 6.22. The largest absolute Gasteiger partial charge is 0.496 e. The van der Waals surface area contributed by atoms with Crippen molar-refractivity contribution in [2.24, 2.45) is 5.73 Å². The normalized spacial score (nSPS) is 12.1. The molecule has 0 fully saturated rings. The van der Waals surface area contributed by atoms with E-state index >= 15 is 0 Å². The number of hydrogen-bond donors (Lipinski definition) is 3. The van der Waals surface area contributed by atoms with Gasteiger partial charge in [0.15, 0.2) is 5.69 Å². The van der Waals surface area contributed by atoms with Crippen LogP contribution < -0.4 is 25.8 Å². The summed E-state index contributed by atoms with van der Waals surface area (Å²) < 4.78 is 46.5. The third kappa shape index (κ3) is 14.0. The minimum atomic E-state index is -0.465. The van der Waals surface area contributed by atoms with Gasteiger partial charge in [-0.15, -0.1) is 0 Å². The minimum absolute atomic E-state index is 0.101. The number of carbonyl (C=O) groups excluding carboxylic acids is 2. The van der Waals surface area contributed by atoms with E-state index in [2.05, 4.69) is 10.6 Å². The number of amides is 3. The Morgan fingerprint density at radius 3 is 1.95 bits per heavy atom. The van der Waals surface area contributed by atoms with Gasteiger partial charge in [-0.2, -0.15) is 5.10 Å². The van der Waals surface area contributed by atoms with Gasteiger partial charge in [-0.25, -0.2) is 9.48 Å². The monoisotopic (exact) mass is 900 g/mol. The number of aromatic nitrogens is 2. The number of ether oxygens (including phenoxy) is 8. The number of nitrogens with one attached hydrogen (secondary N) is 2. The first-order chi connectivity index (χ1) is 29.9. The highest BCUT2D eigenvalue weighted by Crippen LogP contribution is 2.46. The van der Waals surface area contributed by atoms with Crippen LogP contribution in [0.25, 0.3) is 28.1 Å². The van der Waals surface area contributed by atoms with Crippen LogP contribution in [0, 0.1) is 0 Å². The second kappa shape index (κ2) is 24.4. The van der Waals surface area contributed by atoms with Crippen LogP contribution in [-0.2, 0) is 35.0 Å². The SMILES string of the molecule is COc1cc2c(cc1-c1cccc(NC(=O)NCCOCCOCCOCCOCCOCCOCCN)c1)-c1c(c(C(=O)N(C)C(C)(C)C)nn1-c1cc(Cl)cc(Cl)c1)CO2. The van der Waals surface area contributed by atoms with Crippen molar-refractivity contribution in [1.29, 1.82) is 0 Å². The quantitative estimate of drug-likeness (QED) is 0.0619. The van der Waals surface area contributed by atoms with Crippen LogP contribution in [0.4, 0.5) is 10.5 Å². The Kier molecular flexibility index (Phi) is 19.1. The number of hydrogen-bond acceptors (Lipinski definition) is 12. The Bertz CT molecular complexity index is 2060. The fourth-order valence-corrected chi connectivity index (χ4v) is 6.73. The van der Waals surface area contributed by atoms with E-state index in [9.17, 15) is 9.59 Å². The summed E-state index contributed by atoms with van der Waals surface area (Å²) in [6.45, 7) is 12.2. The molecule has 1 aliphatic heterocycles. The lowest BCUT2D eigenvalue weighted by Gasteiger charge is -2.31. The first-order valence-corrected chi connectivity index (χ1v) is 21.2. The standard InChI is InChI=1S/C44H58Cl2N6O10/c1-44(2,3)51(4)42(53)40-37-29-62-39-28-38(55-5)35(27-36(39)41(37)52(50-40)34-25-31(45)24-32(46)26-34)30-7-6-8-33(23-30)49-43(54)48-10-12-57-14-16-59-18-20-61-22-21-60-19-17-58-15-13-56-11-9-47/h6-8,23-28H,9-22,29,47H2,1-5H3,(H2,48,49,54). The van der Waals surface area contributed by atoms with E-state index in [4.69, 9.17) is 71.9 Å². The zero-order valence-corrected chi connectivity index (χ0v) is 37.6. The average molecular weight is 902 g/mol. The molecule has 0 spiro atoms. The summed E-state index contributed by atoms with van der Waals surface area (Å²) in [7, 11) is 3.33. The highest BCUT2D eigenvalue weighted by atomic mass is 35.5. The van der Waals surface area contributed by atoms with Gasteiger partial charge in [-0.05, 0) is 62.7 Å². The molecule has 4 N–H and O–H groups in total. The molecule has 62 heavy (non-hydrogen) atoms. The van der Waals surface area contributed by atoms with E-state index in [0.29, 0.717) is 142 Å². The van der Waals surface area contributed by atoms with Crippen molar-refractivity contribution in [1.82, 2.24) is 20.0 Å². The van der Waals surface area contributed by atoms with E-state index < -0.39 is 5.54 Å². The van der Waals surface area contributed by atoms with Crippen LogP contribution in [0.3, 0.4) is 0 Å². The zero-order chi connectivity index (χ0) is 44.5. The maximum atomic E-state index is 14.0. The number of anilines is 1. The Morgan fingerprint density at radius 2 is 1.39 bits per heavy atom. The Morgan fingerprint density at radius 1 is 0.806 bits per heavy atom. The molecule has 1 aromatic heterocycles. The van der Waals surface area contributed by atoms with Gasteiger partial charge in [0.05, 0.1) is 97.8 Å². The van der Waals surface area contributed by atoms with Crippen LogP contribution in [0.2, 0.25) is 10.0 Å². The van der Waals surface area contributed by atoms with Crippen LogP contribution in [0.15, 0.2) is 54.6 Å². The molecule has 0 saturated heterocycles. The van der Waals surface area contributed by atoms with E-state index in [1.807, 2.05) is 51.1 Å². The van der Waals surface area contributed by atoms with Crippen molar-refractivity contribution in [2.75, 3.05) is 112 Å². The van der Waals surface area contributed by atoms with Crippen molar-refractivity contribution in [2.45, 2.75) is 32.9 Å². The van der Waals surface area contributed by atoms with Crippen molar-refractivity contribution >= 4 is 40.8 Å². The summed E-state index contributed by atoms with van der Waals surface area (Å²) in [5.41, 5.74) is 9.74. The molecule has 5 rings (SSSR count). The molecule has 18 heteroatoms. The molecule has 0 radical (unpaired) electrons. The molecule has 1 aliphatic rings. The third-order valence-corrected chi connectivity index (χ3v) is 10.0. The maximum absolute atomic E-state index is 14.0. The van der Waals surface area contributed by atoms with E-state index in [1.165, 1.54) is 0 Å². The summed E-state index contributed by atoms with van der Waals surface area (Å²) >= 11 is 12.9. The van der Waals surface area contributed by atoms with Crippen LogP contribution in [0.5, 0.6) is 11.5 Å². The van der Waals surface area contributed by atoms with E-state index in [-0.39, 0.29) is 24.2 Å². The highest BCUT2D eigenvalue weighted by molar-refractivity contribution is 6.34.